The zero-order chi connectivity index (χ0) is 16.9. The van der Waals surface area contributed by atoms with Gasteiger partial charge in [-0.2, -0.15) is 8.78 Å². The van der Waals surface area contributed by atoms with Crippen molar-refractivity contribution >= 4 is 16.7 Å². The molecule has 0 spiro atoms. The fraction of sp³-hybridized carbons (Fsp3) is 0.533. The lowest BCUT2D eigenvalue weighted by molar-refractivity contribution is -0.121. The zero-order valence-corrected chi connectivity index (χ0v) is 13.9. The zero-order valence-electron chi connectivity index (χ0n) is 13.1. The normalized spacial score (nSPS) is 14.5. The van der Waals surface area contributed by atoms with Crippen LogP contribution in [0.25, 0.3) is 0 Å². The molecule has 1 amide bonds. The average Bonchev–Trinajstić information content (AvgIpc) is 2.35. The van der Waals surface area contributed by atoms with Crippen LogP contribution in [-0.4, -0.2) is 27.5 Å². The van der Waals surface area contributed by atoms with Crippen molar-refractivity contribution in [3.05, 3.63) is 29.8 Å². The molecule has 22 heavy (non-hydrogen) atoms. The van der Waals surface area contributed by atoms with Crippen LogP contribution in [0.15, 0.2) is 24.3 Å². The van der Waals surface area contributed by atoms with Crippen LogP contribution >= 0.6 is 0 Å². The van der Waals surface area contributed by atoms with E-state index in [1.165, 1.54) is 12.1 Å². The standard InChI is InChI=1S/C15H21F2NO3S/c1-10(13(19)18-15(2,3)4)22(20)9-11-6-5-7-12(8-11)21-14(16)17/h5-8,10,14H,9H2,1-4H3,(H,18,19)/t10-,22+/m0/s1. The van der Waals surface area contributed by atoms with Crippen molar-refractivity contribution in [1.29, 1.82) is 0 Å². The third kappa shape index (κ3) is 6.51. The SMILES string of the molecule is C[C@@H](C(=O)NC(C)(C)C)[S@](=O)Cc1cccc(OC(F)F)c1. The highest BCUT2D eigenvalue weighted by Gasteiger charge is 2.24. The first kappa shape index (κ1) is 18.5. The molecule has 0 saturated heterocycles. The van der Waals surface area contributed by atoms with Crippen LogP contribution in [0.2, 0.25) is 0 Å². The van der Waals surface area contributed by atoms with E-state index in [1.54, 1.807) is 19.1 Å². The lowest BCUT2D eigenvalue weighted by atomic mass is 10.1. The molecule has 0 aliphatic carbocycles. The molecule has 1 aromatic carbocycles. The predicted molar refractivity (Wildman–Crippen MR) is 82.3 cm³/mol. The second-order valence-electron chi connectivity index (χ2n) is 5.93. The summed E-state index contributed by atoms with van der Waals surface area (Å²) in [6.45, 7) is 4.19. The first-order valence-electron chi connectivity index (χ1n) is 6.81. The Hall–Kier alpha value is -1.50. The average molecular weight is 333 g/mol. The van der Waals surface area contributed by atoms with E-state index in [4.69, 9.17) is 0 Å². The minimum Gasteiger partial charge on any atom is -0.435 e. The van der Waals surface area contributed by atoms with E-state index >= 15 is 0 Å². The number of carbonyl (C=O) groups excluding carboxylic acids is 1. The highest BCUT2D eigenvalue weighted by molar-refractivity contribution is 7.85. The Balaban J connectivity index is 2.70. The van der Waals surface area contributed by atoms with E-state index in [2.05, 4.69) is 10.1 Å². The summed E-state index contributed by atoms with van der Waals surface area (Å²) < 4.78 is 40.9. The molecule has 0 aliphatic rings. The highest BCUT2D eigenvalue weighted by Crippen LogP contribution is 2.18. The van der Waals surface area contributed by atoms with Gasteiger partial charge in [-0.05, 0) is 45.4 Å². The number of hydrogen-bond donors (Lipinski definition) is 1. The Labute approximate surface area is 131 Å². The van der Waals surface area contributed by atoms with Gasteiger partial charge < -0.3 is 10.1 Å². The summed E-state index contributed by atoms with van der Waals surface area (Å²) in [4.78, 5) is 12.0. The van der Waals surface area contributed by atoms with Crippen LogP contribution in [0.5, 0.6) is 5.75 Å². The Morgan fingerprint density at radius 1 is 1.36 bits per heavy atom. The molecule has 0 aliphatic heterocycles. The van der Waals surface area contributed by atoms with Gasteiger partial charge in [-0.3, -0.25) is 9.00 Å². The quantitative estimate of drug-likeness (QED) is 0.871. The second kappa shape index (κ2) is 7.67. The maximum atomic E-state index is 12.2. The van der Waals surface area contributed by atoms with Gasteiger partial charge in [0.2, 0.25) is 5.91 Å². The molecule has 0 radical (unpaired) electrons. The number of halogens is 2. The lowest BCUT2D eigenvalue weighted by Crippen LogP contribution is -2.46. The second-order valence-corrected chi connectivity index (χ2v) is 7.69. The molecule has 0 unspecified atom stereocenters. The minimum atomic E-state index is -2.91. The number of benzene rings is 1. The number of rotatable bonds is 6. The topological polar surface area (TPSA) is 55.4 Å². The molecule has 0 bridgehead atoms. The fourth-order valence-corrected chi connectivity index (χ4v) is 2.75. The van der Waals surface area contributed by atoms with Crippen molar-refractivity contribution in [2.45, 2.75) is 50.8 Å². The van der Waals surface area contributed by atoms with Gasteiger partial charge in [-0.1, -0.05) is 12.1 Å². The lowest BCUT2D eigenvalue weighted by Gasteiger charge is -2.23. The van der Waals surface area contributed by atoms with E-state index in [-0.39, 0.29) is 17.4 Å². The van der Waals surface area contributed by atoms with E-state index in [0.717, 1.165) is 0 Å². The molecule has 0 fully saturated rings. The van der Waals surface area contributed by atoms with Gasteiger partial charge in [0, 0.05) is 22.1 Å². The number of nitrogens with one attached hydrogen (secondary N) is 1. The van der Waals surface area contributed by atoms with Crippen molar-refractivity contribution in [1.82, 2.24) is 5.32 Å². The summed E-state index contributed by atoms with van der Waals surface area (Å²) in [6, 6.07) is 6.00. The van der Waals surface area contributed by atoms with Gasteiger partial charge in [-0.15, -0.1) is 0 Å². The van der Waals surface area contributed by atoms with Crippen LogP contribution in [0.3, 0.4) is 0 Å². The van der Waals surface area contributed by atoms with Crippen LogP contribution in [-0.2, 0) is 21.3 Å². The third-order valence-electron chi connectivity index (χ3n) is 2.69. The first-order valence-corrected chi connectivity index (χ1v) is 8.19. The van der Waals surface area contributed by atoms with E-state index in [9.17, 15) is 17.8 Å². The van der Waals surface area contributed by atoms with E-state index in [0.29, 0.717) is 5.56 Å². The van der Waals surface area contributed by atoms with Gasteiger partial charge in [0.15, 0.2) is 0 Å². The van der Waals surface area contributed by atoms with Crippen molar-refractivity contribution in [3.8, 4) is 5.75 Å². The van der Waals surface area contributed by atoms with Gasteiger partial charge in [0.05, 0.1) is 0 Å². The summed E-state index contributed by atoms with van der Waals surface area (Å²) in [5, 5.41) is 2.07. The van der Waals surface area contributed by atoms with Gasteiger partial charge in [0.25, 0.3) is 0 Å². The Kier molecular flexibility index (Phi) is 6.47. The van der Waals surface area contributed by atoms with Gasteiger partial charge in [0.1, 0.15) is 11.0 Å². The fourth-order valence-electron chi connectivity index (χ4n) is 1.69. The first-order chi connectivity index (χ1) is 10.1. The Morgan fingerprint density at radius 3 is 2.55 bits per heavy atom. The molecule has 1 N–H and O–H groups in total. The molecule has 7 heteroatoms. The molecular formula is C15H21F2NO3S. The maximum absolute atomic E-state index is 12.2. The molecule has 0 aromatic heterocycles. The molecule has 4 nitrogen and oxygen atoms in total. The van der Waals surface area contributed by atoms with Crippen LogP contribution in [0, 0.1) is 0 Å². The molecule has 0 heterocycles. The number of amides is 1. The minimum absolute atomic E-state index is 0.0105. The maximum Gasteiger partial charge on any atom is 0.387 e. The predicted octanol–water partition coefficient (Wildman–Crippen LogP) is 2.84. The molecule has 0 saturated carbocycles. The van der Waals surface area contributed by atoms with E-state index in [1.807, 2.05) is 20.8 Å². The Morgan fingerprint density at radius 2 is 2.00 bits per heavy atom. The summed E-state index contributed by atoms with van der Waals surface area (Å²) in [6.07, 6.45) is 0. The van der Waals surface area contributed by atoms with Crippen molar-refractivity contribution in [2.24, 2.45) is 0 Å². The summed E-state index contributed by atoms with van der Waals surface area (Å²) in [7, 11) is -1.46. The monoisotopic (exact) mass is 333 g/mol. The van der Waals surface area contributed by atoms with Crippen LogP contribution < -0.4 is 10.1 Å². The number of alkyl halides is 2. The highest BCUT2D eigenvalue weighted by atomic mass is 32.2. The molecule has 2 atom stereocenters. The van der Waals surface area contributed by atoms with Crippen LogP contribution in [0.4, 0.5) is 8.78 Å². The van der Waals surface area contributed by atoms with Gasteiger partial charge >= 0.3 is 6.61 Å². The molecule has 1 rings (SSSR count). The number of hydrogen-bond acceptors (Lipinski definition) is 3. The van der Waals surface area contributed by atoms with Crippen molar-refractivity contribution in [2.75, 3.05) is 0 Å². The Bertz CT molecular complexity index is 544. The molecule has 124 valence electrons. The van der Waals surface area contributed by atoms with Gasteiger partial charge in [-0.25, -0.2) is 0 Å². The number of ether oxygens (including phenoxy) is 1. The molecule has 1 aromatic rings. The smallest absolute Gasteiger partial charge is 0.387 e. The van der Waals surface area contributed by atoms with E-state index < -0.39 is 28.2 Å². The number of carbonyl (C=O) groups is 1. The largest absolute Gasteiger partial charge is 0.435 e. The summed E-state index contributed by atoms with van der Waals surface area (Å²) in [5.41, 5.74) is 0.174. The van der Waals surface area contributed by atoms with Crippen LogP contribution in [0.1, 0.15) is 33.3 Å². The summed E-state index contributed by atoms with van der Waals surface area (Å²) >= 11 is 0. The summed E-state index contributed by atoms with van der Waals surface area (Å²) in [5.74, 6) is -0.193. The third-order valence-corrected chi connectivity index (χ3v) is 4.31. The van der Waals surface area contributed by atoms with Crippen molar-refractivity contribution < 1.29 is 22.5 Å². The van der Waals surface area contributed by atoms with Crippen molar-refractivity contribution in [3.63, 3.8) is 0 Å². The molecular weight excluding hydrogens is 312 g/mol.